The summed E-state index contributed by atoms with van der Waals surface area (Å²) < 4.78 is 0. The monoisotopic (exact) mass is 476 g/mol. The minimum absolute atomic E-state index is 0.0161. The van der Waals surface area contributed by atoms with E-state index in [1.165, 1.54) is 25.7 Å². The zero-order valence-electron chi connectivity index (χ0n) is 21.2. The van der Waals surface area contributed by atoms with E-state index in [0.29, 0.717) is 11.3 Å². The van der Waals surface area contributed by atoms with Crippen molar-refractivity contribution < 1.29 is 14.4 Å². The average Bonchev–Trinajstić information content (AvgIpc) is 3.01. The van der Waals surface area contributed by atoms with Gasteiger partial charge in [0.1, 0.15) is 12.1 Å². The van der Waals surface area contributed by atoms with Gasteiger partial charge in [0.15, 0.2) is 0 Å². The van der Waals surface area contributed by atoms with Crippen molar-refractivity contribution in [1.29, 1.82) is 0 Å². The quantitative estimate of drug-likeness (QED) is 0.609. The summed E-state index contributed by atoms with van der Waals surface area (Å²) in [5, 5.41) is 5.59. The number of carbonyl (C=O) groups excluding carboxylic acids is 3. The smallest absolute Gasteiger partial charge is 0.325 e. The molecule has 2 N–H and O–H groups in total. The molecule has 2 aliphatic heterocycles. The van der Waals surface area contributed by atoms with Gasteiger partial charge in [-0.25, -0.2) is 4.79 Å². The molecule has 1 atom stereocenters. The van der Waals surface area contributed by atoms with Gasteiger partial charge < -0.3 is 15.5 Å². The van der Waals surface area contributed by atoms with Crippen molar-refractivity contribution in [1.82, 2.24) is 10.2 Å². The van der Waals surface area contributed by atoms with Crippen molar-refractivity contribution in [3.8, 4) is 0 Å². The summed E-state index contributed by atoms with van der Waals surface area (Å²) in [6.07, 6.45) is 4.94. The highest BCUT2D eigenvalue weighted by Crippen LogP contribution is 2.31. The van der Waals surface area contributed by atoms with Crippen molar-refractivity contribution in [3.05, 3.63) is 59.7 Å². The zero-order chi connectivity index (χ0) is 25.2. The van der Waals surface area contributed by atoms with Crippen LogP contribution in [0.4, 0.5) is 16.2 Å². The molecule has 0 aromatic heterocycles. The minimum Gasteiger partial charge on any atom is -0.372 e. The van der Waals surface area contributed by atoms with Crippen LogP contribution in [0.15, 0.2) is 48.5 Å². The zero-order valence-corrected chi connectivity index (χ0v) is 21.2. The van der Waals surface area contributed by atoms with Crippen molar-refractivity contribution in [2.75, 3.05) is 29.9 Å². The Balaban J connectivity index is 1.39. The number of hydrogen-bond acceptors (Lipinski definition) is 4. The van der Waals surface area contributed by atoms with Gasteiger partial charge in [0.25, 0.3) is 5.91 Å². The molecule has 1 unspecified atom stereocenters. The molecule has 2 heterocycles. The second-order valence-electron chi connectivity index (χ2n) is 10.8. The summed E-state index contributed by atoms with van der Waals surface area (Å²) in [6, 6.07) is 14.9. The standard InChI is InChI=1S/C28H36N4O3/c1-27(2,3)20-9-11-21(12-10-20)28(4)25(34)32(26(35)30-28)19-24(33)29-22-13-15-23(16-14-22)31-17-7-5-6-8-18-31/h9-16H,5-8,17-19H2,1-4H3,(H,29,33)(H,30,35). The number of carbonyl (C=O) groups is 3. The van der Waals surface area contributed by atoms with Crippen LogP contribution in [0.2, 0.25) is 0 Å². The maximum Gasteiger partial charge on any atom is 0.325 e. The molecular weight excluding hydrogens is 440 g/mol. The summed E-state index contributed by atoms with van der Waals surface area (Å²) in [5.74, 6) is -0.846. The van der Waals surface area contributed by atoms with Crippen LogP contribution in [0.1, 0.15) is 64.5 Å². The number of imide groups is 1. The van der Waals surface area contributed by atoms with Gasteiger partial charge in [-0.1, -0.05) is 57.9 Å². The normalized spacial score (nSPS) is 21.0. The lowest BCUT2D eigenvalue weighted by atomic mass is 9.84. The van der Waals surface area contributed by atoms with Crippen molar-refractivity contribution in [3.63, 3.8) is 0 Å². The Labute approximate surface area is 207 Å². The molecule has 186 valence electrons. The number of rotatable bonds is 5. The molecule has 4 amide bonds. The second kappa shape index (κ2) is 9.72. The molecule has 7 nitrogen and oxygen atoms in total. The molecule has 2 fully saturated rings. The van der Waals surface area contributed by atoms with E-state index in [2.05, 4.69) is 36.3 Å². The number of anilines is 2. The molecule has 2 aromatic rings. The van der Waals surface area contributed by atoms with Crippen LogP contribution >= 0.6 is 0 Å². The molecule has 0 spiro atoms. The summed E-state index contributed by atoms with van der Waals surface area (Å²) in [4.78, 5) is 41.9. The van der Waals surface area contributed by atoms with E-state index in [0.717, 1.165) is 29.2 Å². The fourth-order valence-corrected chi connectivity index (χ4v) is 4.77. The number of amides is 4. The molecule has 35 heavy (non-hydrogen) atoms. The van der Waals surface area contributed by atoms with Gasteiger partial charge in [-0.3, -0.25) is 14.5 Å². The summed E-state index contributed by atoms with van der Waals surface area (Å²) >= 11 is 0. The lowest BCUT2D eigenvalue weighted by molar-refractivity contribution is -0.133. The molecule has 2 saturated heterocycles. The Bertz CT molecular complexity index is 1080. The van der Waals surface area contributed by atoms with E-state index in [9.17, 15) is 14.4 Å². The number of nitrogens with one attached hydrogen (secondary N) is 2. The summed E-state index contributed by atoms with van der Waals surface area (Å²) in [7, 11) is 0. The molecule has 7 heteroatoms. The van der Waals surface area contributed by atoms with Gasteiger partial charge in [-0.15, -0.1) is 0 Å². The van der Waals surface area contributed by atoms with Gasteiger partial charge >= 0.3 is 6.03 Å². The number of urea groups is 1. The van der Waals surface area contributed by atoms with E-state index in [4.69, 9.17) is 0 Å². The van der Waals surface area contributed by atoms with Gasteiger partial charge in [0.2, 0.25) is 5.91 Å². The molecule has 0 aliphatic carbocycles. The van der Waals surface area contributed by atoms with Gasteiger partial charge in [-0.2, -0.15) is 0 Å². The molecule has 2 aliphatic rings. The first-order valence-corrected chi connectivity index (χ1v) is 12.5. The maximum atomic E-state index is 13.2. The van der Waals surface area contributed by atoms with E-state index in [1.807, 2.05) is 48.5 Å². The second-order valence-corrected chi connectivity index (χ2v) is 10.8. The van der Waals surface area contributed by atoms with Crippen LogP contribution in [0.3, 0.4) is 0 Å². The highest BCUT2D eigenvalue weighted by atomic mass is 16.2. The van der Waals surface area contributed by atoms with Gasteiger partial charge in [0.05, 0.1) is 0 Å². The number of benzene rings is 2. The number of nitrogens with zero attached hydrogens (tertiary/aromatic N) is 2. The van der Waals surface area contributed by atoms with E-state index >= 15 is 0 Å². The average molecular weight is 477 g/mol. The Morgan fingerprint density at radius 2 is 1.54 bits per heavy atom. The largest absolute Gasteiger partial charge is 0.372 e. The topological polar surface area (TPSA) is 81.8 Å². The third-order valence-electron chi connectivity index (χ3n) is 7.03. The first kappa shape index (κ1) is 24.8. The first-order chi connectivity index (χ1) is 16.6. The van der Waals surface area contributed by atoms with E-state index in [1.54, 1.807) is 6.92 Å². The highest BCUT2D eigenvalue weighted by molar-refractivity contribution is 6.10. The Morgan fingerprint density at radius 1 is 0.943 bits per heavy atom. The lowest BCUT2D eigenvalue weighted by Gasteiger charge is -2.24. The highest BCUT2D eigenvalue weighted by Gasteiger charge is 2.49. The van der Waals surface area contributed by atoms with Crippen LogP contribution in [0, 0.1) is 0 Å². The number of hydrogen-bond donors (Lipinski definition) is 2. The lowest BCUT2D eigenvalue weighted by Crippen LogP contribution is -2.42. The van der Waals surface area contributed by atoms with E-state index < -0.39 is 23.4 Å². The molecule has 0 saturated carbocycles. The SMILES string of the molecule is CC(C)(C)c1ccc(C2(C)NC(=O)N(CC(=O)Nc3ccc(N4CCCCCC4)cc3)C2=O)cc1. The first-order valence-electron chi connectivity index (χ1n) is 12.5. The Morgan fingerprint density at radius 3 is 2.11 bits per heavy atom. The molecule has 0 bridgehead atoms. The third-order valence-corrected chi connectivity index (χ3v) is 7.03. The van der Waals surface area contributed by atoms with Crippen LogP contribution in [0.25, 0.3) is 0 Å². The van der Waals surface area contributed by atoms with Crippen molar-refractivity contribution in [2.24, 2.45) is 0 Å². The Hall–Kier alpha value is -3.35. The fraction of sp³-hybridized carbons (Fsp3) is 0.464. The summed E-state index contributed by atoms with van der Waals surface area (Å²) in [6.45, 7) is 9.80. The fourth-order valence-electron chi connectivity index (χ4n) is 4.77. The van der Waals surface area contributed by atoms with Crippen molar-refractivity contribution in [2.45, 2.75) is 64.3 Å². The molecule has 2 aromatic carbocycles. The Kier molecular flexibility index (Phi) is 6.88. The van der Waals surface area contributed by atoms with Gasteiger partial charge in [-0.05, 0) is 60.6 Å². The van der Waals surface area contributed by atoms with E-state index in [-0.39, 0.29) is 12.0 Å². The predicted octanol–water partition coefficient (Wildman–Crippen LogP) is 4.77. The van der Waals surface area contributed by atoms with Gasteiger partial charge in [0, 0.05) is 24.5 Å². The molecule has 0 radical (unpaired) electrons. The minimum atomic E-state index is -1.21. The van der Waals surface area contributed by atoms with Crippen LogP contribution in [-0.2, 0) is 20.5 Å². The van der Waals surface area contributed by atoms with Crippen molar-refractivity contribution >= 4 is 29.2 Å². The van der Waals surface area contributed by atoms with Crippen LogP contribution in [-0.4, -0.2) is 42.4 Å². The van der Waals surface area contributed by atoms with Crippen LogP contribution in [0.5, 0.6) is 0 Å². The molecule has 4 rings (SSSR count). The predicted molar refractivity (Wildman–Crippen MR) is 138 cm³/mol. The maximum absolute atomic E-state index is 13.2. The summed E-state index contributed by atoms with van der Waals surface area (Å²) in [5.41, 5.74) is 2.39. The third kappa shape index (κ3) is 5.34. The molecular formula is C28H36N4O3. The van der Waals surface area contributed by atoms with Crippen LogP contribution < -0.4 is 15.5 Å².